The number of aliphatic hydroxyl groups is 5. The Hall–Kier alpha value is -0.570. The summed E-state index contributed by atoms with van der Waals surface area (Å²) in [4.78, 5) is 11.9. The standard InChI is InChI=1S/C10H20O.C8H19NO5/c1-9(2,3)8-10(4,5)6-7-11;1-9(2)3-5(11)7(13)8(14)6(12)4-10/h7H,6,8H2,1-5H3;5-8,10-14H,3-4H2,1-2H3. The van der Waals surface area contributed by atoms with Crippen LogP contribution in [0.1, 0.15) is 47.5 Å². The maximum absolute atomic E-state index is 10.3. The number of likely N-dealkylation sites (N-methyl/N-ethyl adjacent to an activating group) is 1. The zero-order valence-corrected chi connectivity index (χ0v) is 16.8. The van der Waals surface area contributed by atoms with Gasteiger partial charge in [0, 0.05) is 13.0 Å². The Kier molecular flexibility index (Phi) is 12.7. The van der Waals surface area contributed by atoms with Gasteiger partial charge in [-0.2, -0.15) is 0 Å². The minimum Gasteiger partial charge on any atom is -0.394 e. The normalized spacial score (nSPS) is 17.3. The Morgan fingerprint density at radius 3 is 1.68 bits per heavy atom. The van der Waals surface area contributed by atoms with Crippen LogP contribution in [0.25, 0.3) is 0 Å². The van der Waals surface area contributed by atoms with Gasteiger partial charge in [-0.3, -0.25) is 0 Å². The van der Waals surface area contributed by atoms with Crippen LogP contribution in [0.2, 0.25) is 0 Å². The van der Waals surface area contributed by atoms with Crippen LogP contribution in [0.3, 0.4) is 0 Å². The van der Waals surface area contributed by atoms with E-state index < -0.39 is 31.0 Å². The topological polar surface area (TPSA) is 121 Å². The molecule has 0 radical (unpaired) electrons. The minimum absolute atomic E-state index is 0.163. The Balaban J connectivity index is 0. The van der Waals surface area contributed by atoms with E-state index in [1.54, 1.807) is 19.0 Å². The molecule has 0 spiro atoms. The molecule has 7 nitrogen and oxygen atoms in total. The number of nitrogens with zero attached hydrogens (tertiary/aromatic N) is 1. The number of hydrogen-bond acceptors (Lipinski definition) is 7. The summed E-state index contributed by atoms with van der Waals surface area (Å²) in [5.41, 5.74) is 0.493. The molecule has 0 aromatic rings. The van der Waals surface area contributed by atoms with Crippen LogP contribution in [0.15, 0.2) is 0 Å². The highest BCUT2D eigenvalue weighted by Crippen LogP contribution is 2.34. The third-order valence-electron chi connectivity index (χ3n) is 3.52. The fourth-order valence-corrected chi connectivity index (χ4v) is 2.78. The molecule has 0 aromatic carbocycles. The van der Waals surface area contributed by atoms with Crippen LogP contribution in [-0.2, 0) is 4.79 Å². The number of hydrogen-bond donors (Lipinski definition) is 5. The van der Waals surface area contributed by atoms with Gasteiger partial charge in [0.2, 0.25) is 0 Å². The first-order valence-corrected chi connectivity index (χ1v) is 8.58. The molecule has 0 fully saturated rings. The second-order valence-electron chi connectivity index (χ2n) is 8.83. The van der Waals surface area contributed by atoms with Gasteiger partial charge in [0.25, 0.3) is 0 Å². The fourth-order valence-electron chi connectivity index (χ4n) is 2.78. The highest BCUT2D eigenvalue weighted by atomic mass is 16.4. The quantitative estimate of drug-likeness (QED) is 0.365. The third-order valence-corrected chi connectivity index (χ3v) is 3.52. The summed E-state index contributed by atoms with van der Waals surface area (Å²) in [7, 11) is 3.40. The largest absolute Gasteiger partial charge is 0.394 e. The van der Waals surface area contributed by atoms with Crippen LogP contribution in [0.5, 0.6) is 0 Å². The zero-order chi connectivity index (χ0) is 20.4. The summed E-state index contributed by atoms with van der Waals surface area (Å²) in [5, 5.41) is 45.4. The number of carbonyl (C=O) groups excluding carboxylic acids is 1. The van der Waals surface area contributed by atoms with Crippen molar-refractivity contribution < 1.29 is 30.3 Å². The first-order chi connectivity index (χ1) is 11.2. The first kappa shape index (κ1) is 26.7. The van der Waals surface area contributed by atoms with E-state index in [0.29, 0.717) is 11.8 Å². The zero-order valence-electron chi connectivity index (χ0n) is 16.8. The first-order valence-electron chi connectivity index (χ1n) is 8.58. The van der Waals surface area contributed by atoms with Gasteiger partial charge in [-0.15, -0.1) is 0 Å². The van der Waals surface area contributed by atoms with E-state index >= 15 is 0 Å². The third kappa shape index (κ3) is 14.3. The molecule has 0 aliphatic rings. The molecule has 0 amide bonds. The molecule has 0 aliphatic carbocycles. The molecule has 0 saturated heterocycles. The van der Waals surface area contributed by atoms with Gasteiger partial charge >= 0.3 is 0 Å². The van der Waals surface area contributed by atoms with Gasteiger partial charge in [0.1, 0.15) is 24.6 Å². The van der Waals surface area contributed by atoms with Crippen LogP contribution in [0, 0.1) is 10.8 Å². The van der Waals surface area contributed by atoms with E-state index in [2.05, 4.69) is 34.6 Å². The van der Waals surface area contributed by atoms with Crippen molar-refractivity contribution in [2.24, 2.45) is 10.8 Å². The van der Waals surface area contributed by atoms with E-state index in [1.807, 2.05) is 0 Å². The Labute approximate surface area is 152 Å². The van der Waals surface area contributed by atoms with Crippen LogP contribution in [-0.4, -0.2) is 88.4 Å². The van der Waals surface area contributed by atoms with Gasteiger partial charge < -0.3 is 35.2 Å². The van der Waals surface area contributed by atoms with Gasteiger partial charge in [-0.05, 0) is 31.3 Å². The molecular weight excluding hydrogens is 326 g/mol. The Morgan fingerprint density at radius 1 is 0.920 bits per heavy atom. The lowest BCUT2D eigenvalue weighted by molar-refractivity contribution is -0.117. The van der Waals surface area contributed by atoms with Crippen molar-refractivity contribution in [1.29, 1.82) is 0 Å². The van der Waals surface area contributed by atoms with E-state index in [-0.39, 0.29) is 12.0 Å². The highest BCUT2D eigenvalue weighted by Gasteiger charge is 2.30. The average molecular weight is 366 g/mol. The molecule has 0 aromatic heterocycles. The SMILES string of the molecule is CC(C)(C)CC(C)(C)CC=O.CN(C)CC(O)C(O)C(O)C(O)CO. The lowest BCUT2D eigenvalue weighted by Gasteiger charge is -2.30. The van der Waals surface area contributed by atoms with Crippen LogP contribution < -0.4 is 0 Å². The van der Waals surface area contributed by atoms with E-state index in [1.165, 1.54) is 0 Å². The summed E-state index contributed by atoms with van der Waals surface area (Å²) < 4.78 is 0. The second kappa shape index (κ2) is 11.9. The van der Waals surface area contributed by atoms with E-state index in [0.717, 1.165) is 12.7 Å². The van der Waals surface area contributed by atoms with Crippen molar-refractivity contribution in [3.8, 4) is 0 Å². The smallest absolute Gasteiger partial charge is 0.120 e. The Bertz CT molecular complexity index is 354. The number of aliphatic hydroxyl groups excluding tert-OH is 5. The molecule has 5 N–H and O–H groups in total. The van der Waals surface area contributed by atoms with Crippen molar-refractivity contribution in [2.45, 2.75) is 71.9 Å². The molecule has 4 atom stereocenters. The van der Waals surface area contributed by atoms with Crippen molar-refractivity contribution in [3.05, 3.63) is 0 Å². The van der Waals surface area contributed by atoms with Crippen molar-refractivity contribution >= 4 is 6.29 Å². The number of carbonyl (C=O) groups is 1. The lowest BCUT2D eigenvalue weighted by Crippen LogP contribution is -2.48. The molecule has 25 heavy (non-hydrogen) atoms. The minimum atomic E-state index is -1.55. The van der Waals surface area contributed by atoms with E-state index in [9.17, 15) is 20.1 Å². The van der Waals surface area contributed by atoms with Crippen molar-refractivity contribution in [2.75, 3.05) is 27.2 Å². The predicted molar refractivity (Wildman–Crippen MR) is 98.2 cm³/mol. The van der Waals surface area contributed by atoms with Crippen molar-refractivity contribution in [3.63, 3.8) is 0 Å². The molecule has 0 heterocycles. The molecule has 0 saturated carbocycles. The maximum Gasteiger partial charge on any atom is 0.120 e. The van der Waals surface area contributed by atoms with Gasteiger partial charge in [-0.1, -0.05) is 34.6 Å². The summed E-state index contributed by atoms with van der Waals surface area (Å²) >= 11 is 0. The molecular formula is C18H39NO6. The van der Waals surface area contributed by atoms with Gasteiger partial charge in [0.05, 0.1) is 12.7 Å². The summed E-state index contributed by atoms with van der Waals surface area (Å²) in [6, 6.07) is 0. The molecule has 4 unspecified atom stereocenters. The Morgan fingerprint density at radius 2 is 1.36 bits per heavy atom. The number of rotatable bonds is 9. The summed E-state index contributed by atoms with van der Waals surface area (Å²) in [6.07, 6.45) is -2.84. The monoisotopic (exact) mass is 365 g/mol. The van der Waals surface area contributed by atoms with Crippen LogP contribution >= 0.6 is 0 Å². The molecule has 0 aliphatic heterocycles. The van der Waals surface area contributed by atoms with Crippen LogP contribution in [0.4, 0.5) is 0 Å². The van der Waals surface area contributed by atoms with Gasteiger partial charge in [0.15, 0.2) is 0 Å². The van der Waals surface area contributed by atoms with Gasteiger partial charge in [-0.25, -0.2) is 0 Å². The number of aldehydes is 1. The predicted octanol–water partition coefficient (Wildman–Crippen LogP) is 0.0217. The summed E-state index contributed by atoms with van der Waals surface area (Å²) in [5.74, 6) is 0. The maximum atomic E-state index is 10.3. The van der Waals surface area contributed by atoms with E-state index in [4.69, 9.17) is 10.2 Å². The second-order valence-corrected chi connectivity index (χ2v) is 8.83. The van der Waals surface area contributed by atoms with Crippen molar-refractivity contribution in [1.82, 2.24) is 4.90 Å². The molecule has 7 heteroatoms. The summed E-state index contributed by atoms with van der Waals surface area (Å²) in [6.45, 7) is 10.4. The average Bonchev–Trinajstić information content (AvgIpc) is 2.41. The molecule has 0 rings (SSSR count). The molecule has 152 valence electrons. The fraction of sp³-hybridized carbons (Fsp3) is 0.944. The highest BCUT2D eigenvalue weighted by molar-refractivity contribution is 5.50. The lowest BCUT2D eigenvalue weighted by atomic mass is 9.75. The molecule has 0 bridgehead atoms.